The normalized spacial score (nSPS) is 10.3. The largest absolute Gasteiger partial charge is 0.497 e. The van der Waals surface area contributed by atoms with Crippen LogP contribution in [0.25, 0.3) is 0 Å². The number of nitro groups is 1. The van der Waals surface area contributed by atoms with Gasteiger partial charge in [-0.15, -0.1) is 0 Å². The lowest BCUT2D eigenvalue weighted by molar-refractivity contribution is -0.384. The van der Waals surface area contributed by atoms with E-state index in [9.17, 15) is 19.7 Å². The van der Waals surface area contributed by atoms with E-state index in [2.05, 4.69) is 21.2 Å². The molecule has 0 fully saturated rings. The van der Waals surface area contributed by atoms with Crippen LogP contribution in [-0.2, 0) is 4.79 Å². The summed E-state index contributed by atoms with van der Waals surface area (Å²) in [5, 5.41) is 19.2. The number of anilines is 1. The number of non-ortho nitro benzene ring substituents is 1. The lowest BCUT2D eigenvalue weighted by Gasteiger charge is -2.06. The Balaban J connectivity index is 1.75. The predicted octanol–water partition coefficient (Wildman–Crippen LogP) is 1.88. The van der Waals surface area contributed by atoms with E-state index in [-0.39, 0.29) is 17.9 Å². The highest BCUT2D eigenvalue weighted by Crippen LogP contribution is 2.16. The maximum absolute atomic E-state index is 11.7. The second-order valence-corrected chi connectivity index (χ2v) is 5.18. The Labute approximate surface area is 154 Å². The number of ether oxygens (including phenoxy) is 1. The number of rotatable bonds is 7. The first-order valence-electron chi connectivity index (χ1n) is 7.73. The van der Waals surface area contributed by atoms with Gasteiger partial charge in [-0.25, -0.2) is 10.2 Å². The Morgan fingerprint density at radius 2 is 1.96 bits per heavy atom. The van der Waals surface area contributed by atoms with E-state index in [1.807, 2.05) is 0 Å². The summed E-state index contributed by atoms with van der Waals surface area (Å²) in [7, 11) is 1.56. The highest BCUT2D eigenvalue weighted by molar-refractivity contribution is 5.92. The average molecular weight is 371 g/mol. The lowest BCUT2D eigenvalue weighted by Crippen LogP contribution is -2.37. The molecule has 0 aliphatic rings. The molecule has 0 saturated heterocycles. The number of carbonyl (C=O) groups is 2. The second kappa shape index (κ2) is 9.51. The van der Waals surface area contributed by atoms with Crippen LogP contribution < -0.4 is 20.8 Å². The molecule has 10 heteroatoms. The molecule has 0 bridgehead atoms. The molecule has 2 aromatic carbocycles. The van der Waals surface area contributed by atoms with Crippen molar-refractivity contribution in [3.8, 4) is 5.75 Å². The Hall–Kier alpha value is -3.95. The number of methoxy groups -OCH3 is 1. The van der Waals surface area contributed by atoms with Gasteiger partial charge in [0.1, 0.15) is 12.3 Å². The molecule has 0 heterocycles. The molecule has 140 valence electrons. The Kier molecular flexibility index (Phi) is 6.83. The van der Waals surface area contributed by atoms with E-state index in [4.69, 9.17) is 4.74 Å². The fourth-order valence-corrected chi connectivity index (χ4v) is 1.94. The molecule has 2 rings (SSSR count). The minimum atomic E-state index is -0.676. The summed E-state index contributed by atoms with van der Waals surface area (Å²) in [5.74, 6) is 0.170. The van der Waals surface area contributed by atoms with Crippen LogP contribution in [0.15, 0.2) is 53.6 Å². The molecular weight excluding hydrogens is 354 g/mol. The summed E-state index contributed by atoms with van der Waals surface area (Å²) in [6, 6.07) is 11.8. The van der Waals surface area contributed by atoms with Crippen LogP contribution in [0.5, 0.6) is 5.75 Å². The number of nitrogens with one attached hydrogen (secondary N) is 3. The first-order valence-corrected chi connectivity index (χ1v) is 7.73. The van der Waals surface area contributed by atoms with Crippen LogP contribution in [0.1, 0.15) is 5.56 Å². The zero-order valence-electron chi connectivity index (χ0n) is 14.3. The monoisotopic (exact) mass is 371 g/mol. The number of hydrogen-bond acceptors (Lipinski definition) is 6. The fraction of sp³-hybridized carbons (Fsp3) is 0.118. The van der Waals surface area contributed by atoms with Crippen LogP contribution in [0, 0.1) is 10.1 Å². The topological polar surface area (TPSA) is 135 Å². The van der Waals surface area contributed by atoms with Crippen LogP contribution in [0.2, 0.25) is 0 Å². The number of urea groups is 1. The maximum atomic E-state index is 11.7. The van der Waals surface area contributed by atoms with Crippen molar-refractivity contribution in [3.05, 3.63) is 64.2 Å². The minimum absolute atomic E-state index is 0.154. The molecule has 0 aliphatic carbocycles. The summed E-state index contributed by atoms with van der Waals surface area (Å²) in [5.41, 5.74) is 3.11. The summed E-state index contributed by atoms with van der Waals surface area (Å²) < 4.78 is 5.03. The summed E-state index contributed by atoms with van der Waals surface area (Å²) >= 11 is 0. The highest BCUT2D eigenvalue weighted by atomic mass is 16.6. The lowest BCUT2D eigenvalue weighted by atomic mass is 10.2. The van der Waals surface area contributed by atoms with Crippen molar-refractivity contribution in [1.29, 1.82) is 0 Å². The van der Waals surface area contributed by atoms with Gasteiger partial charge in [0, 0.05) is 17.8 Å². The van der Waals surface area contributed by atoms with E-state index < -0.39 is 16.9 Å². The number of hydrazone groups is 1. The smallest absolute Gasteiger partial charge is 0.319 e. The van der Waals surface area contributed by atoms with Gasteiger partial charge in [-0.05, 0) is 35.9 Å². The van der Waals surface area contributed by atoms with Gasteiger partial charge >= 0.3 is 6.03 Å². The Morgan fingerprint density at radius 1 is 1.22 bits per heavy atom. The van der Waals surface area contributed by atoms with Crippen LogP contribution in [-0.4, -0.2) is 36.7 Å². The van der Waals surface area contributed by atoms with Gasteiger partial charge < -0.3 is 15.4 Å². The van der Waals surface area contributed by atoms with E-state index in [1.54, 1.807) is 31.4 Å². The minimum Gasteiger partial charge on any atom is -0.497 e. The van der Waals surface area contributed by atoms with Gasteiger partial charge in [0.15, 0.2) is 0 Å². The molecule has 0 aromatic heterocycles. The number of benzene rings is 2. The van der Waals surface area contributed by atoms with Crippen molar-refractivity contribution in [1.82, 2.24) is 10.7 Å². The van der Waals surface area contributed by atoms with Crippen molar-refractivity contribution in [2.45, 2.75) is 0 Å². The summed E-state index contributed by atoms with van der Waals surface area (Å²) in [6.45, 7) is -0.319. The van der Waals surface area contributed by atoms with Gasteiger partial charge in [-0.1, -0.05) is 6.07 Å². The zero-order valence-corrected chi connectivity index (χ0v) is 14.3. The molecule has 2 aromatic rings. The van der Waals surface area contributed by atoms with Crippen molar-refractivity contribution in [3.63, 3.8) is 0 Å². The molecule has 0 unspecified atom stereocenters. The maximum Gasteiger partial charge on any atom is 0.319 e. The number of hydrogen-bond donors (Lipinski definition) is 3. The summed E-state index contributed by atoms with van der Waals surface area (Å²) in [6.07, 6.45) is 1.44. The fourth-order valence-electron chi connectivity index (χ4n) is 1.94. The van der Waals surface area contributed by atoms with E-state index in [0.717, 1.165) is 5.56 Å². The Morgan fingerprint density at radius 3 is 2.63 bits per heavy atom. The van der Waals surface area contributed by atoms with Crippen LogP contribution in [0.3, 0.4) is 0 Å². The molecule has 0 atom stereocenters. The van der Waals surface area contributed by atoms with Gasteiger partial charge in [0.05, 0.1) is 18.2 Å². The molecule has 27 heavy (non-hydrogen) atoms. The van der Waals surface area contributed by atoms with E-state index in [0.29, 0.717) is 5.75 Å². The molecular formula is C17H17N5O5. The van der Waals surface area contributed by atoms with Gasteiger partial charge in [-0.2, -0.15) is 5.10 Å². The second-order valence-electron chi connectivity index (χ2n) is 5.18. The Bertz CT molecular complexity index is 851. The predicted molar refractivity (Wildman–Crippen MR) is 98.8 cm³/mol. The average Bonchev–Trinajstić information content (AvgIpc) is 2.67. The van der Waals surface area contributed by atoms with Crippen molar-refractivity contribution >= 4 is 29.5 Å². The van der Waals surface area contributed by atoms with Gasteiger partial charge in [-0.3, -0.25) is 14.9 Å². The summed E-state index contributed by atoms with van der Waals surface area (Å²) in [4.78, 5) is 33.5. The van der Waals surface area contributed by atoms with Crippen molar-refractivity contribution < 1.29 is 19.2 Å². The highest BCUT2D eigenvalue weighted by Gasteiger charge is 2.09. The zero-order chi connectivity index (χ0) is 19.6. The number of amides is 3. The van der Waals surface area contributed by atoms with Crippen molar-refractivity contribution in [2.24, 2.45) is 5.10 Å². The van der Waals surface area contributed by atoms with Gasteiger partial charge in [0.25, 0.3) is 11.6 Å². The third kappa shape index (κ3) is 6.46. The number of nitro benzene ring substituents is 1. The molecule has 3 N–H and O–H groups in total. The van der Waals surface area contributed by atoms with Gasteiger partial charge in [0.2, 0.25) is 0 Å². The van der Waals surface area contributed by atoms with Crippen molar-refractivity contribution in [2.75, 3.05) is 19.0 Å². The molecule has 3 amide bonds. The molecule has 0 radical (unpaired) electrons. The quantitative estimate of drug-likeness (QED) is 0.388. The third-order valence-electron chi connectivity index (χ3n) is 3.24. The first kappa shape index (κ1) is 19.4. The third-order valence-corrected chi connectivity index (χ3v) is 3.24. The standard InChI is InChI=1S/C17H17N5O5/c1-27-15-7-5-12(6-8-15)10-19-21-16(23)11-18-17(24)20-13-3-2-4-14(9-13)22(25)26/h2-10H,11H2,1H3,(H,21,23)(H2,18,20,24). The van der Waals surface area contributed by atoms with E-state index >= 15 is 0 Å². The van der Waals surface area contributed by atoms with Crippen LogP contribution in [0.4, 0.5) is 16.2 Å². The molecule has 0 saturated carbocycles. The molecule has 10 nitrogen and oxygen atoms in total. The molecule has 0 aliphatic heterocycles. The SMILES string of the molecule is COc1ccc(C=NNC(=O)CNC(=O)Nc2cccc([N+](=O)[O-])c2)cc1. The number of nitrogens with zero attached hydrogens (tertiary/aromatic N) is 2. The first-order chi connectivity index (χ1) is 13.0. The number of carbonyl (C=O) groups excluding carboxylic acids is 2. The molecule has 0 spiro atoms. The van der Waals surface area contributed by atoms with Crippen LogP contribution >= 0.6 is 0 Å². The van der Waals surface area contributed by atoms with E-state index in [1.165, 1.54) is 30.5 Å².